The predicted octanol–water partition coefficient (Wildman–Crippen LogP) is 3.94. The number of rotatable bonds is 5. The number of hydrogen-bond acceptors (Lipinski definition) is 2. The molecule has 0 aromatic heterocycles. The van der Waals surface area contributed by atoms with Gasteiger partial charge in [0.05, 0.1) is 5.60 Å². The largest absolute Gasteiger partial charge is 0.353 e. The van der Waals surface area contributed by atoms with E-state index in [1.165, 1.54) is 18.4 Å². The minimum atomic E-state index is -0.113. The molecule has 0 N–H and O–H groups in total. The first-order valence-corrected chi connectivity index (χ1v) is 6.99. The first-order valence-electron chi connectivity index (χ1n) is 6.99. The second-order valence-electron chi connectivity index (χ2n) is 5.66. The van der Waals surface area contributed by atoms with Crippen molar-refractivity contribution in [1.29, 1.82) is 0 Å². The summed E-state index contributed by atoms with van der Waals surface area (Å²) in [5.41, 5.74) is 1.26. The molecule has 100 valence electrons. The molecular weight excluding hydrogens is 224 g/mol. The molecule has 0 aliphatic carbocycles. The first-order chi connectivity index (χ1) is 8.66. The molecule has 0 spiro atoms. The van der Waals surface area contributed by atoms with E-state index in [1.807, 2.05) is 0 Å². The Labute approximate surface area is 110 Å². The van der Waals surface area contributed by atoms with Gasteiger partial charge >= 0.3 is 0 Å². The Hall–Kier alpha value is -0.860. The Bertz CT molecular complexity index is 339. The van der Waals surface area contributed by atoms with Gasteiger partial charge in [0.1, 0.15) is 0 Å². The zero-order valence-electron chi connectivity index (χ0n) is 11.5. The predicted molar refractivity (Wildman–Crippen MR) is 73.5 cm³/mol. The summed E-state index contributed by atoms with van der Waals surface area (Å²) in [4.78, 5) is 0. The van der Waals surface area contributed by atoms with Gasteiger partial charge in [0.15, 0.2) is 6.29 Å². The smallest absolute Gasteiger partial charge is 0.158 e. The average molecular weight is 248 g/mol. The van der Waals surface area contributed by atoms with E-state index >= 15 is 0 Å². The lowest BCUT2D eigenvalue weighted by Gasteiger charge is -2.32. The fourth-order valence-electron chi connectivity index (χ4n) is 2.31. The van der Waals surface area contributed by atoms with Crippen LogP contribution >= 0.6 is 0 Å². The summed E-state index contributed by atoms with van der Waals surface area (Å²) < 4.78 is 11.7. The lowest BCUT2D eigenvalue weighted by Crippen LogP contribution is -2.34. The van der Waals surface area contributed by atoms with E-state index in [-0.39, 0.29) is 11.9 Å². The van der Waals surface area contributed by atoms with Crippen LogP contribution in [-0.2, 0) is 15.9 Å². The SMILES string of the molecule is CC(C)(CCc1ccccc1)OC1CCCCO1. The fourth-order valence-corrected chi connectivity index (χ4v) is 2.31. The van der Waals surface area contributed by atoms with Gasteiger partial charge in [-0.1, -0.05) is 30.3 Å². The Morgan fingerprint density at radius 2 is 2.00 bits per heavy atom. The topological polar surface area (TPSA) is 18.5 Å². The number of benzene rings is 1. The quantitative estimate of drug-likeness (QED) is 0.785. The maximum Gasteiger partial charge on any atom is 0.158 e. The van der Waals surface area contributed by atoms with E-state index in [9.17, 15) is 0 Å². The highest BCUT2D eigenvalue weighted by Gasteiger charge is 2.25. The zero-order chi connectivity index (χ0) is 12.8. The van der Waals surface area contributed by atoms with Crippen molar-refractivity contribution in [2.45, 2.75) is 57.8 Å². The molecule has 2 rings (SSSR count). The summed E-state index contributed by atoms with van der Waals surface area (Å²) >= 11 is 0. The minimum absolute atomic E-state index is 0.00419. The van der Waals surface area contributed by atoms with Gasteiger partial charge in [-0.05, 0) is 51.5 Å². The lowest BCUT2D eigenvalue weighted by atomic mass is 9.98. The summed E-state index contributed by atoms with van der Waals surface area (Å²) in [5.74, 6) is 0. The summed E-state index contributed by atoms with van der Waals surface area (Å²) in [6, 6.07) is 10.6. The van der Waals surface area contributed by atoms with Crippen molar-refractivity contribution < 1.29 is 9.47 Å². The van der Waals surface area contributed by atoms with Crippen molar-refractivity contribution in [2.75, 3.05) is 6.61 Å². The summed E-state index contributed by atoms with van der Waals surface area (Å²) in [6.45, 7) is 5.17. The molecule has 2 heteroatoms. The van der Waals surface area contributed by atoms with Gasteiger partial charge in [-0.25, -0.2) is 0 Å². The highest BCUT2D eigenvalue weighted by molar-refractivity contribution is 5.14. The second-order valence-corrected chi connectivity index (χ2v) is 5.66. The van der Waals surface area contributed by atoms with Gasteiger partial charge in [0.2, 0.25) is 0 Å². The van der Waals surface area contributed by atoms with Crippen molar-refractivity contribution in [3.63, 3.8) is 0 Å². The molecular formula is C16H24O2. The highest BCUT2D eigenvalue weighted by Crippen LogP contribution is 2.24. The minimum Gasteiger partial charge on any atom is -0.353 e. The van der Waals surface area contributed by atoms with Gasteiger partial charge in [0.25, 0.3) is 0 Å². The molecule has 2 nitrogen and oxygen atoms in total. The monoisotopic (exact) mass is 248 g/mol. The van der Waals surface area contributed by atoms with Gasteiger partial charge in [0, 0.05) is 6.61 Å². The number of ether oxygens (including phenoxy) is 2. The van der Waals surface area contributed by atoms with Gasteiger partial charge < -0.3 is 9.47 Å². The summed E-state index contributed by atoms with van der Waals surface area (Å²) in [6.07, 6.45) is 5.51. The summed E-state index contributed by atoms with van der Waals surface area (Å²) in [7, 11) is 0. The van der Waals surface area contributed by atoms with Crippen LogP contribution in [0.3, 0.4) is 0 Å². The number of hydrogen-bond donors (Lipinski definition) is 0. The van der Waals surface area contributed by atoms with E-state index in [2.05, 4.69) is 44.2 Å². The van der Waals surface area contributed by atoms with Crippen LogP contribution < -0.4 is 0 Å². The van der Waals surface area contributed by atoms with Crippen molar-refractivity contribution in [1.82, 2.24) is 0 Å². The molecule has 1 aliphatic rings. The normalized spacial score (nSPS) is 20.9. The highest BCUT2D eigenvalue weighted by atomic mass is 16.7. The third kappa shape index (κ3) is 4.43. The van der Waals surface area contributed by atoms with Crippen molar-refractivity contribution in [2.24, 2.45) is 0 Å². The molecule has 1 atom stereocenters. The Morgan fingerprint density at radius 1 is 1.22 bits per heavy atom. The van der Waals surface area contributed by atoms with Crippen molar-refractivity contribution in [3.05, 3.63) is 35.9 Å². The first kappa shape index (κ1) is 13.6. The van der Waals surface area contributed by atoms with Crippen LogP contribution in [0.2, 0.25) is 0 Å². The maximum absolute atomic E-state index is 6.08. The van der Waals surface area contributed by atoms with Crippen LogP contribution in [0.5, 0.6) is 0 Å². The van der Waals surface area contributed by atoms with E-state index in [1.54, 1.807) is 0 Å². The molecule has 0 amide bonds. The molecule has 1 heterocycles. The molecule has 1 aromatic carbocycles. The Kier molecular flexibility index (Phi) is 4.79. The molecule has 1 aromatic rings. The molecule has 1 unspecified atom stereocenters. The van der Waals surface area contributed by atoms with E-state index in [4.69, 9.17) is 9.47 Å². The van der Waals surface area contributed by atoms with Crippen molar-refractivity contribution in [3.8, 4) is 0 Å². The zero-order valence-corrected chi connectivity index (χ0v) is 11.5. The molecule has 18 heavy (non-hydrogen) atoms. The van der Waals surface area contributed by atoms with Crippen LogP contribution in [0.1, 0.15) is 45.1 Å². The fraction of sp³-hybridized carbons (Fsp3) is 0.625. The average Bonchev–Trinajstić information content (AvgIpc) is 2.38. The van der Waals surface area contributed by atoms with Crippen LogP contribution in [0.4, 0.5) is 0 Å². The van der Waals surface area contributed by atoms with Crippen LogP contribution in [-0.4, -0.2) is 18.5 Å². The molecule has 0 saturated carbocycles. The standard InChI is InChI=1S/C16H24O2/c1-16(2,18-15-10-6-7-13-17-15)12-11-14-8-4-3-5-9-14/h3-5,8-9,15H,6-7,10-13H2,1-2H3. The Balaban J connectivity index is 1.79. The third-order valence-electron chi connectivity index (χ3n) is 3.45. The second kappa shape index (κ2) is 6.35. The molecule has 1 saturated heterocycles. The molecule has 0 radical (unpaired) electrons. The summed E-state index contributed by atoms with van der Waals surface area (Å²) in [5, 5.41) is 0. The lowest BCUT2D eigenvalue weighted by molar-refractivity contribution is -0.216. The van der Waals surface area contributed by atoms with Crippen molar-refractivity contribution >= 4 is 0 Å². The van der Waals surface area contributed by atoms with Gasteiger partial charge in [-0.2, -0.15) is 0 Å². The van der Waals surface area contributed by atoms with Gasteiger partial charge in [-0.15, -0.1) is 0 Å². The third-order valence-corrected chi connectivity index (χ3v) is 3.45. The Morgan fingerprint density at radius 3 is 2.67 bits per heavy atom. The van der Waals surface area contributed by atoms with Gasteiger partial charge in [-0.3, -0.25) is 0 Å². The maximum atomic E-state index is 6.08. The van der Waals surface area contributed by atoms with E-state index in [0.717, 1.165) is 25.9 Å². The molecule has 1 aliphatic heterocycles. The number of aryl methyl sites for hydroxylation is 1. The molecule has 0 bridgehead atoms. The van der Waals surface area contributed by atoms with E-state index < -0.39 is 0 Å². The van der Waals surface area contributed by atoms with Crippen LogP contribution in [0.25, 0.3) is 0 Å². The van der Waals surface area contributed by atoms with E-state index in [0.29, 0.717) is 0 Å². The molecule has 1 fully saturated rings. The van der Waals surface area contributed by atoms with Crippen LogP contribution in [0.15, 0.2) is 30.3 Å². The van der Waals surface area contributed by atoms with Crippen LogP contribution in [0, 0.1) is 0 Å².